The van der Waals surface area contributed by atoms with Gasteiger partial charge in [-0.15, -0.1) is 0 Å². The van der Waals surface area contributed by atoms with E-state index in [2.05, 4.69) is 43.0 Å². The third-order valence-corrected chi connectivity index (χ3v) is 4.21. The third kappa shape index (κ3) is 2.79. The molecular formula is C17H23N3O. The molecule has 1 aliphatic rings. The molecule has 1 aromatic heterocycles. The molecule has 0 radical (unpaired) electrons. The van der Waals surface area contributed by atoms with Crippen molar-refractivity contribution >= 4 is 10.9 Å². The molecule has 1 aliphatic heterocycles. The van der Waals surface area contributed by atoms with Gasteiger partial charge < -0.3 is 10.5 Å². The predicted molar refractivity (Wildman–Crippen MR) is 85.1 cm³/mol. The smallest absolute Gasteiger partial charge is 0.0909 e. The fourth-order valence-corrected chi connectivity index (χ4v) is 3.14. The first-order chi connectivity index (χ1) is 10.2. The Morgan fingerprint density at radius 2 is 2.10 bits per heavy atom. The van der Waals surface area contributed by atoms with E-state index in [0.717, 1.165) is 24.4 Å². The van der Waals surface area contributed by atoms with Gasteiger partial charge in [0.15, 0.2) is 0 Å². The van der Waals surface area contributed by atoms with Crippen molar-refractivity contribution in [2.75, 3.05) is 19.7 Å². The van der Waals surface area contributed by atoms with Crippen molar-refractivity contribution in [1.29, 1.82) is 0 Å². The number of aromatic nitrogens is 1. The number of para-hydroxylation sites is 1. The van der Waals surface area contributed by atoms with Crippen molar-refractivity contribution in [1.82, 2.24) is 9.88 Å². The number of fused-ring (bicyclic) bond motifs is 1. The lowest BCUT2D eigenvalue weighted by atomic mass is 10.00. The number of ether oxygens (including phenoxy) is 1. The van der Waals surface area contributed by atoms with E-state index in [9.17, 15) is 0 Å². The number of hydrogen-bond donors (Lipinski definition) is 1. The molecule has 0 amide bonds. The average molecular weight is 285 g/mol. The second-order valence-corrected chi connectivity index (χ2v) is 5.85. The summed E-state index contributed by atoms with van der Waals surface area (Å²) in [7, 11) is 0. The van der Waals surface area contributed by atoms with Gasteiger partial charge in [-0.2, -0.15) is 0 Å². The van der Waals surface area contributed by atoms with E-state index >= 15 is 0 Å². The number of hydrogen-bond acceptors (Lipinski definition) is 4. The quantitative estimate of drug-likeness (QED) is 0.940. The van der Waals surface area contributed by atoms with Gasteiger partial charge in [0.2, 0.25) is 0 Å². The summed E-state index contributed by atoms with van der Waals surface area (Å²) in [5.74, 6) is 0. The Hall–Kier alpha value is -1.49. The molecule has 2 aromatic rings. The Morgan fingerprint density at radius 1 is 1.29 bits per heavy atom. The van der Waals surface area contributed by atoms with Gasteiger partial charge in [-0.05, 0) is 26.0 Å². The Labute approximate surface area is 125 Å². The number of nitrogens with two attached hydrogens (primary N) is 1. The van der Waals surface area contributed by atoms with E-state index < -0.39 is 0 Å². The average Bonchev–Trinajstić information content (AvgIpc) is 2.53. The maximum absolute atomic E-state index is 5.93. The lowest BCUT2D eigenvalue weighted by Crippen LogP contribution is -2.51. The molecule has 1 saturated heterocycles. The highest BCUT2D eigenvalue weighted by molar-refractivity contribution is 5.78. The molecule has 2 atom stereocenters. The SMILES string of the molecule is CC(C)N1CCOC(CN)C1c1ccc2ccccc2n1. The van der Waals surface area contributed by atoms with Crippen LogP contribution in [0.5, 0.6) is 0 Å². The largest absolute Gasteiger partial charge is 0.374 e. The van der Waals surface area contributed by atoms with Crippen LogP contribution in [0.4, 0.5) is 0 Å². The van der Waals surface area contributed by atoms with Gasteiger partial charge in [0.05, 0.1) is 30.0 Å². The van der Waals surface area contributed by atoms with Crippen molar-refractivity contribution in [2.45, 2.75) is 32.0 Å². The van der Waals surface area contributed by atoms with Crippen molar-refractivity contribution in [3.05, 3.63) is 42.1 Å². The van der Waals surface area contributed by atoms with Crippen LogP contribution in [0.1, 0.15) is 25.6 Å². The van der Waals surface area contributed by atoms with Crippen LogP contribution in [0.15, 0.2) is 36.4 Å². The third-order valence-electron chi connectivity index (χ3n) is 4.21. The molecule has 1 fully saturated rings. The maximum Gasteiger partial charge on any atom is 0.0909 e. The number of rotatable bonds is 3. The Kier molecular flexibility index (Phi) is 4.19. The molecule has 2 heterocycles. The zero-order valence-electron chi connectivity index (χ0n) is 12.7. The summed E-state index contributed by atoms with van der Waals surface area (Å²) in [6, 6.07) is 13.0. The highest BCUT2D eigenvalue weighted by Gasteiger charge is 2.35. The Bertz CT molecular complexity index is 614. The Morgan fingerprint density at radius 3 is 2.86 bits per heavy atom. The van der Waals surface area contributed by atoms with Gasteiger partial charge >= 0.3 is 0 Å². The van der Waals surface area contributed by atoms with Gasteiger partial charge in [-0.3, -0.25) is 9.88 Å². The summed E-state index contributed by atoms with van der Waals surface area (Å²) in [4.78, 5) is 7.30. The van der Waals surface area contributed by atoms with Gasteiger partial charge in [0.25, 0.3) is 0 Å². The summed E-state index contributed by atoms with van der Waals surface area (Å²) in [5, 5.41) is 1.17. The van der Waals surface area contributed by atoms with Gasteiger partial charge in [-0.25, -0.2) is 0 Å². The first-order valence-electron chi connectivity index (χ1n) is 7.64. The minimum absolute atomic E-state index is 0.00909. The molecule has 1 aromatic carbocycles. The van der Waals surface area contributed by atoms with Crippen LogP contribution in [0, 0.1) is 0 Å². The normalized spacial score (nSPS) is 23.8. The topological polar surface area (TPSA) is 51.4 Å². The lowest BCUT2D eigenvalue weighted by molar-refractivity contribution is -0.0801. The second-order valence-electron chi connectivity index (χ2n) is 5.85. The zero-order chi connectivity index (χ0) is 14.8. The molecule has 4 nitrogen and oxygen atoms in total. The molecule has 2 N–H and O–H groups in total. The zero-order valence-corrected chi connectivity index (χ0v) is 12.7. The highest BCUT2D eigenvalue weighted by Crippen LogP contribution is 2.30. The molecular weight excluding hydrogens is 262 g/mol. The van der Waals surface area contributed by atoms with Crippen LogP contribution >= 0.6 is 0 Å². The summed E-state index contributed by atoms with van der Waals surface area (Å²) in [6.45, 7) is 6.61. The number of morpholine rings is 1. The summed E-state index contributed by atoms with van der Waals surface area (Å²) >= 11 is 0. The van der Waals surface area contributed by atoms with Crippen LogP contribution in [0.3, 0.4) is 0 Å². The summed E-state index contributed by atoms with van der Waals surface area (Å²) in [5.41, 5.74) is 8.01. The van der Waals surface area contributed by atoms with Gasteiger partial charge in [0, 0.05) is 24.5 Å². The van der Waals surface area contributed by atoms with Crippen LogP contribution in [-0.4, -0.2) is 41.7 Å². The number of benzene rings is 1. The predicted octanol–water partition coefficient (Wildman–Crippen LogP) is 2.34. The van der Waals surface area contributed by atoms with E-state index in [-0.39, 0.29) is 12.1 Å². The minimum atomic E-state index is 0.00909. The van der Waals surface area contributed by atoms with Crippen LogP contribution in [0.25, 0.3) is 10.9 Å². The molecule has 112 valence electrons. The lowest BCUT2D eigenvalue weighted by Gasteiger charge is -2.42. The molecule has 3 rings (SSSR count). The molecule has 0 bridgehead atoms. The van der Waals surface area contributed by atoms with E-state index in [1.807, 2.05) is 12.1 Å². The first kappa shape index (κ1) is 14.4. The molecule has 0 saturated carbocycles. The number of nitrogens with zero attached hydrogens (tertiary/aromatic N) is 2. The van der Waals surface area contributed by atoms with Crippen LogP contribution in [0.2, 0.25) is 0 Å². The summed E-state index contributed by atoms with van der Waals surface area (Å²) < 4.78 is 5.88. The highest BCUT2D eigenvalue weighted by atomic mass is 16.5. The van der Waals surface area contributed by atoms with E-state index in [1.165, 1.54) is 5.39 Å². The van der Waals surface area contributed by atoms with Crippen LogP contribution < -0.4 is 5.73 Å². The monoisotopic (exact) mass is 285 g/mol. The van der Waals surface area contributed by atoms with Crippen molar-refractivity contribution in [3.8, 4) is 0 Å². The molecule has 21 heavy (non-hydrogen) atoms. The Balaban J connectivity index is 2.02. The van der Waals surface area contributed by atoms with Crippen molar-refractivity contribution < 1.29 is 4.74 Å². The maximum atomic E-state index is 5.93. The molecule has 2 unspecified atom stereocenters. The van der Waals surface area contributed by atoms with Crippen LogP contribution in [-0.2, 0) is 4.74 Å². The van der Waals surface area contributed by atoms with E-state index in [1.54, 1.807) is 0 Å². The van der Waals surface area contributed by atoms with Crippen molar-refractivity contribution in [2.24, 2.45) is 5.73 Å². The van der Waals surface area contributed by atoms with E-state index in [4.69, 9.17) is 15.5 Å². The minimum Gasteiger partial charge on any atom is -0.374 e. The van der Waals surface area contributed by atoms with Gasteiger partial charge in [0.1, 0.15) is 0 Å². The first-order valence-corrected chi connectivity index (χ1v) is 7.64. The fraction of sp³-hybridized carbons (Fsp3) is 0.471. The fourth-order valence-electron chi connectivity index (χ4n) is 3.14. The second kappa shape index (κ2) is 6.10. The molecule has 0 spiro atoms. The molecule has 0 aliphatic carbocycles. The number of pyridine rings is 1. The molecule has 4 heteroatoms. The van der Waals surface area contributed by atoms with E-state index in [0.29, 0.717) is 12.6 Å². The summed E-state index contributed by atoms with van der Waals surface area (Å²) in [6.07, 6.45) is 0.00909. The standard InChI is InChI=1S/C17H23N3O/c1-12(2)20-9-10-21-16(11-18)17(20)15-8-7-13-5-3-4-6-14(13)19-15/h3-8,12,16-17H,9-11,18H2,1-2H3. The van der Waals surface area contributed by atoms with Gasteiger partial charge in [-0.1, -0.05) is 24.3 Å². The van der Waals surface area contributed by atoms with Crippen molar-refractivity contribution in [3.63, 3.8) is 0 Å².